The van der Waals surface area contributed by atoms with E-state index in [1.54, 1.807) is 0 Å². The maximum atomic E-state index is 9.55. The number of fused-ring (bicyclic) bond motifs is 2. The number of aliphatic hydroxyl groups excluding tert-OH is 2. The smallest absolute Gasteiger partial charge is 0.129 e. The van der Waals surface area contributed by atoms with E-state index >= 15 is 0 Å². The van der Waals surface area contributed by atoms with Crippen molar-refractivity contribution in [1.29, 1.82) is 0 Å². The minimum atomic E-state index is -0.719. The molecule has 2 N–H and O–H groups in total. The van der Waals surface area contributed by atoms with Gasteiger partial charge in [-0.05, 0) is 24.0 Å². The van der Waals surface area contributed by atoms with Crippen LogP contribution < -0.4 is 0 Å². The van der Waals surface area contributed by atoms with E-state index in [4.69, 9.17) is 4.74 Å². The van der Waals surface area contributed by atoms with Gasteiger partial charge in [-0.3, -0.25) is 0 Å². The van der Waals surface area contributed by atoms with Gasteiger partial charge in [-0.1, -0.05) is 32.4 Å². The molecule has 2 bridgehead atoms. The summed E-state index contributed by atoms with van der Waals surface area (Å²) in [4.78, 5) is 0. The van der Waals surface area contributed by atoms with Crippen LogP contribution in [0.5, 0.6) is 0 Å². The average molecular weight is 238 g/mol. The fourth-order valence-corrected chi connectivity index (χ4v) is 2.51. The molecular formula is C14H22O3. The summed E-state index contributed by atoms with van der Waals surface area (Å²) in [6.45, 7) is 6.43. The Hall–Kier alpha value is -0.640. The molecule has 0 amide bonds. The van der Waals surface area contributed by atoms with E-state index in [1.807, 2.05) is 18.2 Å². The van der Waals surface area contributed by atoms with Gasteiger partial charge in [0.25, 0.3) is 0 Å². The lowest BCUT2D eigenvalue weighted by Crippen LogP contribution is -2.46. The lowest BCUT2D eigenvalue weighted by atomic mass is 9.74. The third-order valence-electron chi connectivity index (χ3n) is 4.24. The van der Waals surface area contributed by atoms with Crippen molar-refractivity contribution < 1.29 is 14.9 Å². The highest BCUT2D eigenvalue weighted by molar-refractivity contribution is 5.36. The monoisotopic (exact) mass is 238 g/mol. The standard InChI is InChI=1S/C14H22O3/c1-4-12(2,3)11-7-13(9-15)5-6-14(8-11,10-16)17-13/h5-7,15-16H,4,8-10H2,1-3H3/t13-,14+/m1/s1. The molecule has 0 spiro atoms. The van der Waals surface area contributed by atoms with Crippen molar-refractivity contribution in [2.24, 2.45) is 5.41 Å². The number of hydrogen-bond donors (Lipinski definition) is 2. The Labute approximate surface area is 103 Å². The first kappa shape index (κ1) is 12.8. The zero-order valence-corrected chi connectivity index (χ0v) is 10.9. The number of rotatable bonds is 4. The van der Waals surface area contributed by atoms with Crippen LogP contribution in [0.25, 0.3) is 0 Å². The fraction of sp³-hybridized carbons (Fsp3) is 0.714. The molecule has 3 heteroatoms. The SMILES string of the molecule is CCC(C)(C)C1=C[C@@]2(CO)C=C[C@@](CO)(C1)O2. The molecule has 17 heavy (non-hydrogen) atoms. The number of aliphatic hydroxyl groups is 2. The Bertz CT molecular complexity index is 370. The Morgan fingerprint density at radius 1 is 1.29 bits per heavy atom. The molecule has 0 fully saturated rings. The second kappa shape index (κ2) is 3.94. The first-order chi connectivity index (χ1) is 7.91. The lowest BCUT2D eigenvalue weighted by molar-refractivity contribution is -0.117. The Morgan fingerprint density at radius 3 is 2.53 bits per heavy atom. The lowest BCUT2D eigenvalue weighted by Gasteiger charge is -2.42. The molecule has 0 radical (unpaired) electrons. The first-order valence-electron chi connectivity index (χ1n) is 6.25. The summed E-state index contributed by atoms with van der Waals surface area (Å²) in [5.41, 5.74) is -0.00194. The molecule has 2 aliphatic heterocycles. The van der Waals surface area contributed by atoms with E-state index in [1.165, 1.54) is 5.57 Å². The molecule has 0 aliphatic carbocycles. The molecule has 0 aromatic rings. The van der Waals surface area contributed by atoms with Crippen molar-refractivity contribution >= 4 is 0 Å². The predicted octanol–water partition coefficient (Wildman–Crippen LogP) is 1.80. The van der Waals surface area contributed by atoms with Crippen LogP contribution in [0.15, 0.2) is 23.8 Å². The molecule has 96 valence electrons. The average Bonchev–Trinajstić information content (AvgIpc) is 2.62. The van der Waals surface area contributed by atoms with Gasteiger partial charge in [-0.25, -0.2) is 0 Å². The van der Waals surface area contributed by atoms with Crippen molar-refractivity contribution in [3.63, 3.8) is 0 Å². The van der Waals surface area contributed by atoms with Crippen molar-refractivity contribution in [1.82, 2.24) is 0 Å². The van der Waals surface area contributed by atoms with Crippen molar-refractivity contribution in [2.45, 2.75) is 44.8 Å². The molecule has 0 saturated heterocycles. The molecule has 0 aromatic carbocycles. The van der Waals surface area contributed by atoms with E-state index in [0.717, 1.165) is 6.42 Å². The summed E-state index contributed by atoms with van der Waals surface area (Å²) in [6.07, 6.45) is 7.55. The molecule has 2 heterocycles. The van der Waals surface area contributed by atoms with Crippen molar-refractivity contribution in [2.75, 3.05) is 13.2 Å². The number of ether oxygens (including phenoxy) is 1. The predicted molar refractivity (Wildman–Crippen MR) is 66.6 cm³/mol. The van der Waals surface area contributed by atoms with Crippen LogP contribution in [0.4, 0.5) is 0 Å². The second-order valence-electron chi connectivity index (χ2n) is 5.86. The summed E-state index contributed by atoms with van der Waals surface area (Å²) in [5.74, 6) is 0. The third-order valence-corrected chi connectivity index (χ3v) is 4.24. The van der Waals surface area contributed by atoms with Gasteiger partial charge in [0.2, 0.25) is 0 Å². The maximum absolute atomic E-state index is 9.55. The van der Waals surface area contributed by atoms with E-state index in [-0.39, 0.29) is 18.6 Å². The third kappa shape index (κ3) is 1.96. The van der Waals surface area contributed by atoms with Gasteiger partial charge in [0.15, 0.2) is 0 Å². The molecule has 0 unspecified atom stereocenters. The Kier molecular flexibility index (Phi) is 2.97. The topological polar surface area (TPSA) is 49.7 Å². The van der Waals surface area contributed by atoms with Gasteiger partial charge in [0, 0.05) is 6.42 Å². The van der Waals surface area contributed by atoms with Gasteiger partial charge in [0.1, 0.15) is 11.2 Å². The van der Waals surface area contributed by atoms with Crippen molar-refractivity contribution in [3.05, 3.63) is 23.8 Å². The van der Waals surface area contributed by atoms with E-state index in [0.29, 0.717) is 6.42 Å². The van der Waals surface area contributed by atoms with Crippen molar-refractivity contribution in [3.8, 4) is 0 Å². The maximum Gasteiger partial charge on any atom is 0.129 e. The quantitative estimate of drug-likeness (QED) is 0.734. The largest absolute Gasteiger partial charge is 0.393 e. The first-order valence-corrected chi connectivity index (χ1v) is 6.25. The molecule has 0 aromatic heterocycles. The summed E-state index contributed by atoms with van der Waals surface area (Å²) in [6, 6.07) is 0. The minimum absolute atomic E-state index is 0.0393. The van der Waals surface area contributed by atoms with Gasteiger partial charge in [-0.15, -0.1) is 0 Å². The molecule has 2 rings (SSSR count). The summed E-state index contributed by atoms with van der Waals surface area (Å²) >= 11 is 0. The molecule has 2 atom stereocenters. The minimum Gasteiger partial charge on any atom is -0.393 e. The highest BCUT2D eigenvalue weighted by Crippen LogP contribution is 2.47. The molecule has 0 saturated carbocycles. The Balaban J connectivity index is 2.39. The molecule has 3 nitrogen and oxygen atoms in total. The van der Waals surface area contributed by atoms with E-state index in [9.17, 15) is 10.2 Å². The van der Waals surface area contributed by atoms with Crippen LogP contribution in [-0.4, -0.2) is 34.6 Å². The van der Waals surface area contributed by atoms with Gasteiger partial charge < -0.3 is 14.9 Å². The van der Waals surface area contributed by atoms with E-state index < -0.39 is 11.2 Å². The zero-order chi connectivity index (χ0) is 12.7. The summed E-state index contributed by atoms with van der Waals surface area (Å²) in [5, 5.41) is 19.1. The second-order valence-corrected chi connectivity index (χ2v) is 5.86. The Morgan fingerprint density at radius 2 is 2.00 bits per heavy atom. The van der Waals surface area contributed by atoms with Crippen LogP contribution in [-0.2, 0) is 4.74 Å². The van der Waals surface area contributed by atoms with Crippen LogP contribution >= 0.6 is 0 Å². The molecule has 2 aliphatic rings. The normalized spacial score (nSPS) is 36.2. The van der Waals surface area contributed by atoms with Gasteiger partial charge >= 0.3 is 0 Å². The summed E-state index contributed by atoms with van der Waals surface area (Å²) in [7, 11) is 0. The van der Waals surface area contributed by atoms with Crippen LogP contribution in [0.3, 0.4) is 0 Å². The zero-order valence-electron chi connectivity index (χ0n) is 10.9. The fourth-order valence-electron chi connectivity index (χ4n) is 2.51. The molecular weight excluding hydrogens is 216 g/mol. The van der Waals surface area contributed by atoms with Gasteiger partial charge in [-0.2, -0.15) is 0 Å². The van der Waals surface area contributed by atoms with E-state index in [2.05, 4.69) is 20.8 Å². The van der Waals surface area contributed by atoms with Crippen LogP contribution in [0.2, 0.25) is 0 Å². The summed E-state index contributed by atoms with van der Waals surface area (Å²) < 4.78 is 5.85. The van der Waals surface area contributed by atoms with Crippen LogP contribution in [0.1, 0.15) is 33.6 Å². The number of hydrogen-bond acceptors (Lipinski definition) is 3. The van der Waals surface area contributed by atoms with Gasteiger partial charge in [0.05, 0.1) is 13.2 Å². The highest BCUT2D eigenvalue weighted by atomic mass is 16.5. The highest BCUT2D eigenvalue weighted by Gasteiger charge is 2.49. The van der Waals surface area contributed by atoms with Crippen LogP contribution in [0, 0.1) is 5.41 Å².